The molecule has 1 saturated heterocycles. The lowest BCUT2D eigenvalue weighted by Gasteiger charge is -2.34. The van der Waals surface area contributed by atoms with Gasteiger partial charge >= 0.3 is 0 Å². The Balaban J connectivity index is 1.67. The fourth-order valence-corrected chi connectivity index (χ4v) is 3.40. The molecule has 1 heterocycles. The molecule has 0 radical (unpaired) electrons. The van der Waals surface area contributed by atoms with Gasteiger partial charge in [0.1, 0.15) is 0 Å². The molecule has 1 aliphatic heterocycles. The van der Waals surface area contributed by atoms with Crippen molar-refractivity contribution < 1.29 is 9.90 Å². The minimum Gasteiger partial charge on any atom is -0.396 e. The first-order valence-corrected chi connectivity index (χ1v) is 9.06. The van der Waals surface area contributed by atoms with Gasteiger partial charge < -0.3 is 15.7 Å². The van der Waals surface area contributed by atoms with Gasteiger partial charge in [0.05, 0.1) is 0 Å². The Morgan fingerprint density at radius 1 is 1.04 bits per heavy atom. The average Bonchev–Trinajstić information content (AvgIpc) is 2.66. The van der Waals surface area contributed by atoms with Crippen molar-refractivity contribution in [3.05, 3.63) is 47.5 Å². The van der Waals surface area contributed by atoms with Crippen LogP contribution in [-0.4, -0.2) is 66.7 Å². The molecule has 25 heavy (non-hydrogen) atoms. The van der Waals surface area contributed by atoms with E-state index in [0.29, 0.717) is 6.54 Å². The zero-order chi connectivity index (χ0) is 17.6. The molecule has 134 valence electrons. The molecule has 0 unspecified atom stereocenters. The molecule has 3 N–H and O–H groups in total. The summed E-state index contributed by atoms with van der Waals surface area (Å²) in [5, 5.41) is 11.2. The number of aliphatic hydroxyl groups excluding tert-OH is 1. The first-order valence-electron chi connectivity index (χ1n) is 9.06. The highest BCUT2D eigenvalue weighted by Gasteiger charge is 2.21. The molecule has 3 rings (SSSR count). The van der Waals surface area contributed by atoms with E-state index in [0.717, 1.165) is 61.9 Å². The number of fused-ring (bicyclic) bond motifs is 1. The van der Waals surface area contributed by atoms with E-state index >= 15 is 0 Å². The third-order valence-corrected chi connectivity index (χ3v) is 4.88. The third kappa shape index (κ3) is 4.37. The highest BCUT2D eigenvalue weighted by Crippen LogP contribution is 2.20. The Morgan fingerprint density at radius 2 is 1.76 bits per heavy atom. The normalized spacial score (nSPS) is 15.7. The Hall–Kier alpha value is -1.95. The molecule has 1 aliphatic rings. The number of hydrogen-bond donors (Lipinski definition) is 2. The predicted octanol–water partition coefficient (Wildman–Crippen LogP) is 1.48. The summed E-state index contributed by atoms with van der Waals surface area (Å²) in [5.41, 5.74) is 7.60. The maximum absolute atomic E-state index is 12.8. The highest BCUT2D eigenvalue weighted by molar-refractivity contribution is 5.98. The van der Waals surface area contributed by atoms with E-state index < -0.39 is 0 Å². The van der Waals surface area contributed by atoms with Crippen LogP contribution in [0.25, 0.3) is 10.8 Å². The molecule has 0 aliphatic carbocycles. The number of piperazine rings is 1. The molecule has 0 bridgehead atoms. The lowest BCUT2D eigenvalue weighted by molar-refractivity contribution is 0.0629. The van der Waals surface area contributed by atoms with Crippen LogP contribution in [0.4, 0.5) is 0 Å². The number of hydrogen-bond acceptors (Lipinski definition) is 4. The Labute approximate surface area is 149 Å². The van der Waals surface area contributed by atoms with E-state index in [2.05, 4.69) is 23.1 Å². The molecule has 2 aromatic carbocycles. The Kier molecular flexibility index (Phi) is 6.02. The number of nitrogens with two attached hydrogens (primary N) is 1. The Bertz CT molecular complexity index is 724. The number of aliphatic hydroxyl groups is 1. The predicted molar refractivity (Wildman–Crippen MR) is 101 cm³/mol. The topological polar surface area (TPSA) is 69.8 Å². The van der Waals surface area contributed by atoms with E-state index in [1.165, 1.54) is 5.56 Å². The van der Waals surface area contributed by atoms with Crippen molar-refractivity contribution in [3.8, 4) is 0 Å². The molecule has 1 amide bonds. The fourth-order valence-electron chi connectivity index (χ4n) is 3.40. The minimum absolute atomic E-state index is 0.106. The van der Waals surface area contributed by atoms with Crippen molar-refractivity contribution in [2.75, 3.05) is 45.9 Å². The van der Waals surface area contributed by atoms with Crippen molar-refractivity contribution in [1.82, 2.24) is 9.80 Å². The first-order chi connectivity index (χ1) is 12.2. The van der Waals surface area contributed by atoms with Crippen LogP contribution >= 0.6 is 0 Å². The maximum atomic E-state index is 12.8. The van der Waals surface area contributed by atoms with Crippen molar-refractivity contribution in [3.63, 3.8) is 0 Å². The summed E-state index contributed by atoms with van der Waals surface area (Å²) >= 11 is 0. The van der Waals surface area contributed by atoms with Crippen molar-refractivity contribution in [2.45, 2.75) is 12.8 Å². The monoisotopic (exact) mass is 341 g/mol. The van der Waals surface area contributed by atoms with Gasteiger partial charge in [-0.05, 0) is 47.9 Å². The average molecular weight is 341 g/mol. The first kappa shape index (κ1) is 17.9. The Morgan fingerprint density at radius 3 is 2.48 bits per heavy atom. The smallest absolute Gasteiger partial charge is 0.253 e. The van der Waals surface area contributed by atoms with E-state index in [9.17, 15) is 4.79 Å². The summed E-state index contributed by atoms with van der Waals surface area (Å²) in [6.07, 6.45) is 1.67. The summed E-state index contributed by atoms with van der Waals surface area (Å²) in [5.74, 6) is 0.106. The SMILES string of the molecule is NCCc1ccc2cc(C(=O)N3CCN(CCCO)CC3)ccc2c1. The van der Waals surface area contributed by atoms with Crippen molar-refractivity contribution >= 4 is 16.7 Å². The molecule has 0 aromatic heterocycles. The van der Waals surface area contributed by atoms with Gasteiger partial charge in [0, 0.05) is 44.9 Å². The largest absolute Gasteiger partial charge is 0.396 e. The number of benzene rings is 2. The van der Waals surface area contributed by atoms with Gasteiger partial charge in [-0.3, -0.25) is 9.69 Å². The summed E-state index contributed by atoms with van der Waals surface area (Å²) < 4.78 is 0. The van der Waals surface area contributed by atoms with E-state index in [4.69, 9.17) is 10.8 Å². The lowest BCUT2D eigenvalue weighted by atomic mass is 10.0. The van der Waals surface area contributed by atoms with Gasteiger partial charge in [-0.1, -0.05) is 24.3 Å². The number of nitrogens with zero attached hydrogens (tertiary/aromatic N) is 2. The fraction of sp³-hybridized carbons (Fsp3) is 0.450. The van der Waals surface area contributed by atoms with Crippen molar-refractivity contribution in [2.24, 2.45) is 5.73 Å². The van der Waals surface area contributed by atoms with Crippen LogP contribution < -0.4 is 5.73 Å². The van der Waals surface area contributed by atoms with E-state index in [1.807, 2.05) is 23.1 Å². The van der Waals surface area contributed by atoms with E-state index in [1.54, 1.807) is 0 Å². The number of rotatable bonds is 6. The second kappa shape index (κ2) is 8.43. The third-order valence-electron chi connectivity index (χ3n) is 4.88. The molecule has 5 nitrogen and oxygen atoms in total. The van der Waals surface area contributed by atoms with E-state index in [-0.39, 0.29) is 12.5 Å². The van der Waals surface area contributed by atoms with Gasteiger partial charge in [0.15, 0.2) is 0 Å². The second-order valence-corrected chi connectivity index (χ2v) is 6.65. The summed E-state index contributed by atoms with van der Waals surface area (Å²) in [6.45, 7) is 5.02. The molecule has 0 atom stereocenters. The van der Waals surface area contributed by atoms with Gasteiger partial charge in [-0.2, -0.15) is 0 Å². The molecular weight excluding hydrogens is 314 g/mol. The number of amides is 1. The van der Waals surface area contributed by atoms with Crippen LogP contribution in [0.2, 0.25) is 0 Å². The number of carbonyl (C=O) groups excluding carboxylic acids is 1. The zero-order valence-electron chi connectivity index (χ0n) is 14.7. The van der Waals surface area contributed by atoms with Crippen LogP contribution in [0.15, 0.2) is 36.4 Å². The maximum Gasteiger partial charge on any atom is 0.253 e. The standard InChI is InChI=1S/C20H27N3O2/c21-7-6-16-2-3-18-15-19(5-4-17(18)14-16)20(25)23-11-9-22(10-12-23)8-1-13-24/h2-5,14-15,24H,1,6-13,21H2. The molecule has 2 aromatic rings. The van der Waals surface area contributed by atoms with Crippen LogP contribution in [0.1, 0.15) is 22.3 Å². The molecule has 5 heteroatoms. The molecule has 0 saturated carbocycles. The summed E-state index contributed by atoms with van der Waals surface area (Å²) in [6, 6.07) is 12.3. The van der Waals surface area contributed by atoms with Gasteiger partial charge in [-0.25, -0.2) is 0 Å². The quantitative estimate of drug-likeness (QED) is 0.835. The molecule has 0 spiro atoms. The summed E-state index contributed by atoms with van der Waals surface area (Å²) in [4.78, 5) is 17.0. The highest BCUT2D eigenvalue weighted by atomic mass is 16.3. The van der Waals surface area contributed by atoms with Crippen LogP contribution in [0.3, 0.4) is 0 Å². The molecule has 1 fully saturated rings. The lowest BCUT2D eigenvalue weighted by Crippen LogP contribution is -2.48. The molecular formula is C20H27N3O2. The zero-order valence-corrected chi connectivity index (χ0v) is 14.7. The van der Waals surface area contributed by atoms with Gasteiger partial charge in [-0.15, -0.1) is 0 Å². The van der Waals surface area contributed by atoms with Gasteiger partial charge in [0.2, 0.25) is 0 Å². The summed E-state index contributed by atoms with van der Waals surface area (Å²) in [7, 11) is 0. The second-order valence-electron chi connectivity index (χ2n) is 6.65. The van der Waals surface area contributed by atoms with Gasteiger partial charge in [0.25, 0.3) is 5.91 Å². The van der Waals surface area contributed by atoms with Crippen LogP contribution in [-0.2, 0) is 6.42 Å². The van der Waals surface area contributed by atoms with Crippen molar-refractivity contribution in [1.29, 1.82) is 0 Å². The minimum atomic E-state index is 0.106. The van der Waals surface area contributed by atoms with Crippen LogP contribution in [0, 0.1) is 0 Å². The number of carbonyl (C=O) groups is 1. The van der Waals surface area contributed by atoms with Crippen LogP contribution in [0.5, 0.6) is 0 Å².